The zero-order chi connectivity index (χ0) is 12.5. The minimum atomic E-state index is -0.388. The lowest BCUT2D eigenvalue weighted by Crippen LogP contribution is -2.22. The molecule has 0 spiro atoms. The molecular weight excluding hydrogens is 210 g/mol. The van der Waals surface area contributed by atoms with Crippen molar-refractivity contribution in [3.8, 4) is 0 Å². The highest BCUT2D eigenvalue weighted by Gasteiger charge is 2.05. The van der Waals surface area contributed by atoms with Gasteiger partial charge < -0.3 is 10.4 Å². The summed E-state index contributed by atoms with van der Waals surface area (Å²) in [6.07, 6.45) is 3.37. The Hall–Kier alpha value is -0.860. The van der Waals surface area contributed by atoms with Crippen LogP contribution in [-0.4, -0.2) is 18.2 Å². The topological polar surface area (TPSA) is 32.3 Å². The van der Waals surface area contributed by atoms with Crippen molar-refractivity contribution in [1.82, 2.24) is 5.32 Å². The van der Waals surface area contributed by atoms with Gasteiger partial charge in [0.05, 0.1) is 6.10 Å². The largest absolute Gasteiger partial charge is 0.387 e. The van der Waals surface area contributed by atoms with Crippen molar-refractivity contribution in [1.29, 1.82) is 0 Å². The normalized spacial score (nSPS) is 12.9. The molecule has 0 aliphatic carbocycles. The summed E-state index contributed by atoms with van der Waals surface area (Å²) in [5.74, 6) is 0.796. The van der Waals surface area contributed by atoms with Gasteiger partial charge in [0.1, 0.15) is 0 Å². The van der Waals surface area contributed by atoms with Crippen LogP contribution < -0.4 is 5.32 Å². The summed E-state index contributed by atoms with van der Waals surface area (Å²) in [5, 5.41) is 13.2. The van der Waals surface area contributed by atoms with Gasteiger partial charge in [-0.2, -0.15) is 0 Å². The standard InChI is InChI=1S/C15H25NO/c1-13(2)8-6-7-11-16-12-15(17)14-9-4-3-5-10-14/h3-5,9-10,13,15-17H,6-8,11-12H2,1-2H3. The number of rotatable bonds is 8. The van der Waals surface area contributed by atoms with Crippen molar-refractivity contribution in [2.45, 2.75) is 39.2 Å². The number of benzene rings is 1. The summed E-state index contributed by atoms with van der Waals surface area (Å²) < 4.78 is 0. The average molecular weight is 235 g/mol. The van der Waals surface area contributed by atoms with Crippen LogP contribution >= 0.6 is 0 Å². The van der Waals surface area contributed by atoms with Crippen LogP contribution in [0.5, 0.6) is 0 Å². The molecule has 17 heavy (non-hydrogen) atoms. The van der Waals surface area contributed by atoms with E-state index in [9.17, 15) is 5.11 Å². The molecule has 0 aliphatic heterocycles. The highest BCUT2D eigenvalue weighted by molar-refractivity contribution is 5.17. The van der Waals surface area contributed by atoms with Gasteiger partial charge in [-0.05, 0) is 24.4 Å². The van der Waals surface area contributed by atoms with Crippen LogP contribution in [0.3, 0.4) is 0 Å². The summed E-state index contributed by atoms with van der Waals surface area (Å²) in [6, 6.07) is 9.81. The second kappa shape index (κ2) is 8.26. The van der Waals surface area contributed by atoms with Crippen LogP contribution in [0, 0.1) is 5.92 Å². The number of unbranched alkanes of at least 4 members (excludes halogenated alkanes) is 1. The zero-order valence-electron chi connectivity index (χ0n) is 11.0. The van der Waals surface area contributed by atoms with Crippen LogP contribution in [0.25, 0.3) is 0 Å². The van der Waals surface area contributed by atoms with E-state index in [0.29, 0.717) is 6.54 Å². The van der Waals surface area contributed by atoms with E-state index in [-0.39, 0.29) is 6.10 Å². The number of hydrogen-bond acceptors (Lipinski definition) is 2. The van der Waals surface area contributed by atoms with Gasteiger partial charge in [0.2, 0.25) is 0 Å². The van der Waals surface area contributed by atoms with Crippen LogP contribution in [0.15, 0.2) is 30.3 Å². The van der Waals surface area contributed by atoms with Gasteiger partial charge in [-0.15, -0.1) is 0 Å². The van der Waals surface area contributed by atoms with Crippen molar-refractivity contribution in [2.75, 3.05) is 13.1 Å². The van der Waals surface area contributed by atoms with Crippen LogP contribution in [0.2, 0.25) is 0 Å². The van der Waals surface area contributed by atoms with E-state index in [1.807, 2.05) is 30.3 Å². The fourth-order valence-corrected chi connectivity index (χ4v) is 1.83. The van der Waals surface area contributed by atoms with Crippen LogP contribution in [0.1, 0.15) is 44.8 Å². The maximum absolute atomic E-state index is 9.90. The highest BCUT2D eigenvalue weighted by Crippen LogP contribution is 2.10. The van der Waals surface area contributed by atoms with E-state index in [2.05, 4.69) is 19.2 Å². The Morgan fingerprint density at radius 1 is 1.12 bits per heavy atom. The van der Waals surface area contributed by atoms with Crippen molar-refractivity contribution >= 4 is 0 Å². The van der Waals surface area contributed by atoms with Crippen LogP contribution in [-0.2, 0) is 0 Å². The first-order valence-corrected chi connectivity index (χ1v) is 6.64. The molecule has 2 nitrogen and oxygen atoms in total. The molecule has 0 bridgehead atoms. The number of aliphatic hydroxyl groups is 1. The maximum atomic E-state index is 9.90. The van der Waals surface area contributed by atoms with Gasteiger partial charge in [0.25, 0.3) is 0 Å². The van der Waals surface area contributed by atoms with Crippen molar-refractivity contribution in [3.63, 3.8) is 0 Å². The molecular formula is C15H25NO. The Morgan fingerprint density at radius 3 is 2.47 bits per heavy atom. The van der Waals surface area contributed by atoms with Crippen molar-refractivity contribution in [2.24, 2.45) is 5.92 Å². The van der Waals surface area contributed by atoms with Gasteiger partial charge in [0, 0.05) is 6.54 Å². The Kier molecular flexibility index (Phi) is 6.90. The monoisotopic (exact) mass is 235 g/mol. The minimum Gasteiger partial charge on any atom is -0.387 e. The van der Waals surface area contributed by atoms with E-state index < -0.39 is 0 Å². The molecule has 0 aromatic heterocycles. The molecule has 0 saturated carbocycles. The second-order valence-electron chi connectivity index (χ2n) is 5.02. The second-order valence-corrected chi connectivity index (χ2v) is 5.02. The van der Waals surface area contributed by atoms with E-state index in [1.165, 1.54) is 19.3 Å². The molecule has 0 amide bonds. The third-order valence-corrected chi connectivity index (χ3v) is 2.91. The van der Waals surface area contributed by atoms with Gasteiger partial charge in [-0.25, -0.2) is 0 Å². The molecule has 1 aromatic rings. The summed E-state index contributed by atoms with van der Waals surface area (Å²) in [5.41, 5.74) is 0.988. The maximum Gasteiger partial charge on any atom is 0.0914 e. The van der Waals surface area contributed by atoms with E-state index in [4.69, 9.17) is 0 Å². The fraction of sp³-hybridized carbons (Fsp3) is 0.600. The van der Waals surface area contributed by atoms with Crippen LogP contribution in [0.4, 0.5) is 0 Å². The number of nitrogens with one attached hydrogen (secondary N) is 1. The lowest BCUT2D eigenvalue weighted by Gasteiger charge is -2.12. The molecule has 96 valence electrons. The molecule has 1 aromatic carbocycles. The molecule has 0 aliphatic rings. The zero-order valence-corrected chi connectivity index (χ0v) is 11.0. The first-order valence-electron chi connectivity index (χ1n) is 6.64. The first-order chi connectivity index (χ1) is 8.20. The SMILES string of the molecule is CC(C)CCCCNCC(O)c1ccccc1. The summed E-state index contributed by atoms with van der Waals surface area (Å²) in [4.78, 5) is 0. The smallest absolute Gasteiger partial charge is 0.0914 e. The van der Waals surface area contributed by atoms with Gasteiger partial charge in [0.15, 0.2) is 0 Å². The predicted octanol–water partition coefficient (Wildman–Crippen LogP) is 3.14. The molecule has 0 fully saturated rings. The van der Waals surface area contributed by atoms with E-state index >= 15 is 0 Å². The van der Waals surface area contributed by atoms with E-state index in [1.54, 1.807) is 0 Å². The van der Waals surface area contributed by atoms with E-state index in [0.717, 1.165) is 18.0 Å². The summed E-state index contributed by atoms with van der Waals surface area (Å²) in [6.45, 7) is 6.15. The first kappa shape index (κ1) is 14.2. The van der Waals surface area contributed by atoms with Gasteiger partial charge >= 0.3 is 0 Å². The molecule has 2 heteroatoms. The Bertz CT molecular complexity index is 284. The number of aliphatic hydroxyl groups excluding tert-OH is 1. The number of hydrogen-bond donors (Lipinski definition) is 2. The lowest BCUT2D eigenvalue weighted by atomic mass is 10.1. The van der Waals surface area contributed by atoms with Crippen molar-refractivity contribution < 1.29 is 5.11 Å². The summed E-state index contributed by atoms with van der Waals surface area (Å²) >= 11 is 0. The predicted molar refractivity (Wildman–Crippen MR) is 73.0 cm³/mol. The average Bonchev–Trinajstić information content (AvgIpc) is 2.34. The molecule has 0 saturated heterocycles. The quantitative estimate of drug-likeness (QED) is 0.678. The van der Waals surface area contributed by atoms with Crippen molar-refractivity contribution in [3.05, 3.63) is 35.9 Å². The lowest BCUT2D eigenvalue weighted by molar-refractivity contribution is 0.174. The molecule has 1 unspecified atom stereocenters. The third kappa shape index (κ3) is 6.44. The molecule has 0 radical (unpaired) electrons. The Balaban J connectivity index is 2.07. The minimum absolute atomic E-state index is 0.388. The highest BCUT2D eigenvalue weighted by atomic mass is 16.3. The third-order valence-electron chi connectivity index (χ3n) is 2.91. The Labute approximate surface area is 105 Å². The molecule has 1 atom stereocenters. The molecule has 0 heterocycles. The molecule has 1 rings (SSSR count). The molecule has 2 N–H and O–H groups in total. The van der Waals surface area contributed by atoms with Gasteiger partial charge in [-0.1, -0.05) is 57.0 Å². The Morgan fingerprint density at radius 2 is 1.82 bits per heavy atom. The van der Waals surface area contributed by atoms with Gasteiger partial charge in [-0.3, -0.25) is 0 Å². The summed E-state index contributed by atoms with van der Waals surface area (Å²) in [7, 11) is 0. The fourth-order valence-electron chi connectivity index (χ4n) is 1.83.